The summed E-state index contributed by atoms with van der Waals surface area (Å²) in [5.41, 5.74) is 2.51. The molecule has 1 aromatic carbocycles. The summed E-state index contributed by atoms with van der Waals surface area (Å²) in [5, 5.41) is 13.5. The molecule has 2 aliphatic heterocycles. The van der Waals surface area contributed by atoms with Gasteiger partial charge in [0, 0.05) is 30.8 Å². The third-order valence-electron chi connectivity index (χ3n) is 5.94. The number of hydrogen-bond acceptors (Lipinski definition) is 7. The molecule has 158 valence electrons. The summed E-state index contributed by atoms with van der Waals surface area (Å²) in [6.07, 6.45) is 2.16. The predicted octanol–water partition coefficient (Wildman–Crippen LogP) is 1.42. The first-order valence-electron chi connectivity index (χ1n) is 10.5. The van der Waals surface area contributed by atoms with E-state index < -0.39 is 0 Å². The highest BCUT2D eigenvalue weighted by molar-refractivity contribution is 5.79. The van der Waals surface area contributed by atoms with E-state index in [1.807, 2.05) is 25.1 Å². The summed E-state index contributed by atoms with van der Waals surface area (Å²) in [7, 11) is 0. The van der Waals surface area contributed by atoms with Crippen molar-refractivity contribution in [3.05, 3.63) is 51.6 Å². The first-order valence-corrected chi connectivity index (χ1v) is 10.5. The van der Waals surface area contributed by atoms with Crippen LogP contribution in [0.15, 0.2) is 29.1 Å². The number of tetrazole rings is 1. The third-order valence-corrected chi connectivity index (χ3v) is 5.94. The van der Waals surface area contributed by atoms with E-state index in [-0.39, 0.29) is 17.7 Å². The molecule has 4 heterocycles. The van der Waals surface area contributed by atoms with Crippen LogP contribution in [0.1, 0.15) is 35.8 Å². The molecule has 2 fully saturated rings. The van der Waals surface area contributed by atoms with Crippen molar-refractivity contribution >= 4 is 10.9 Å². The zero-order valence-electron chi connectivity index (χ0n) is 17.1. The molecule has 2 aliphatic rings. The molecule has 9 heteroatoms. The number of H-pyrrole nitrogens is 1. The number of ether oxygens (including phenoxy) is 2. The number of nitrogens with zero attached hydrogens (tertiary/aromatic N) is 5. The van der Waals surface area contributed by atoms with Crippen LogP contribution in [-0.2, 0) is 16.0 Å². The average molecular weight is 410 g/mol. The maximum atomic E-state index is 13.1. The second kappa shape index (κ2) is 8.25. The van der Waals surface area contributed by atoms with Crippen molar-refractivity contribution in [2.24, 2.45) is 0 Å². The van der Waals surface area contributed by atoms with Crippen molar-refractivity contribution < 1.29 is 9.47 Å². The van der Waals surface area contributed by atoms with Crippen LogP contribution in [0.25, 0.3) is 10.9 Å². The number of rotatable bonds is 5. The number of hydrogen-bond donors (Lipinski definition) is 1. The predicted molar refractivity (Wildman–Crippen MR) is 110 cm³/mol. The van der Waals surface area contributed by atoms with Gasteiger partial charge >= 0.3 is 0 Å². The Morgan fingerprint density at radius 3 is 2.90 bits per heavy atom. The van der Waals surface area contributed by atoms with Gasteiger partial charge in [-0.25, -0.2) is 4.68 Å². The first-order chi connectivity index (χ1) is 14.7. The maximum Gasteiger partial charge on any atom is 0.253 e. The van der Waals surface area contributed by atoms with Crippen molar-refractivity contribution in [1.29, 1.82) is 0 Å². The zero-order valence-corrected chi connectivity index (χ0v) is 17.1. The number of morpholine rings is 1. The largest absolute Gasteiger partial charge is 0.379 e. The van der Waals surface area contributed by atoms with Gasteiger partial charge in [0.25, 0.3) is 5.56 Å². The van der Waals surface area contributed by atoms with Gasteiger partial charge in [-0.3, -0.25) is 9.69 Å². The number of benzene rings is 1. The summed E-state index contributed by atoms with van der Waals surface area (Å²) in [5.74, 6) is 0.671. The molecule has 0 spiro atoms. The smallest absolute Gasteiger partial charge is 0.253 e. The van der Waals surface area contributed by atoms with Crippen molar-refractivity contribution in [2.45, 2.75) is 38.5 Å². The van der Waals surface area contributed by atoms with Gasteiger partial charge < -0.3 is 14.5 Å². The van der Waals surface area contributed by atoms with E-state index in [1.54, 1.807) is 4.68 Å². The number of nitrogens with one attached hydrogen (secondary N) is 1. The number of pyridine rings is 1. The number of fused-ring (bicyclic) bond motifs is 1. The standard InChI is InChI=1S/C21H26N6O3/c1-14-4-5-18-15(11-14)12-17(21(28)22-18)19(26-6-9-29-10-7-26)20-23-24-25-27(20)13-16-3-2-8-30-16/h4-5,11-12,16,19H,2-3,6-10,13H2,1H3,(H,22,28)/t16-,19+/m0/s1. The Morgan fingerprint density at radius 2 is 2.10 bits per heavy atom. The lowest BCUT2D eigenvalue weighted by atomic mass is 10.0. The van der Waals surface area contributed by atoms with Crippen molar-refractivity contribution in [3.63, 3.8) is 0 Å². The first kappa shape index (κ1) is 19.3. The Bertz CT molecular complexity index is 1080. The summed E-state index contributed by atoms with van der Waals surface area (Å²) >= 11 is 0. The second-order valence-electron chi connectivity index (χ2n) is 8.05. The van der Waals surface area contributed by atoms with Crippen molar-refractivity contribution in [1.82, 2.24) is 30.1 Å². The Labute approximate surface area is 174 Å². The lowest BCUT2D eigenvalue weighted by Crippen LogP contribution is -2.42. The van der Waals surface area contributed by atoms with Crippen LogP contribution >= 0.6 is 0 Å². The summed E-state index contributed by atoms with van der Waals surface area (Å²) in [4.78, 5) is 18.4. The van der Waals surface area contributed by atoms with Gasteiger partial charge in [-0.05, 0) is 53.8 Å². The molecule has 5 rings (SSSR count). The van der Waals surface area contributed by atoms with E-state index in [0.717, 1.165) is 35.9 Å². The van der Waals surface area contributed by atoms with Gasteiger partial charge in [-0.1, -0.05) is 11.6 Å². The van der Waals surface area contributed by atoms with Crippen LogP contribution in [0.4, 0.5) is 0 Å². The van der Waals surface area contributed by atoms with Gasteiger partial charge in [0.05, 0.1) is 25.9 Å². The molecule has 0 amide bonds. The molecule has 2 aromatic heterocycles. The molecule has 2 saturated heterocycles. The van der Waals surface area contributed by atoms with Crippen molar-refractivity contribution in [3.8, 4) is 0 Å². The lowest BCUT2D eigenvalue weighted by Gasteiger charge is -2.33. The fraction of sp³-hybridized carbons (Fsp3) is 0.524. The molecule has 1 N–H and O–H groups in total. The molecule has 0 saturated carbocycles. The minimum Gasteiger partial charge on any atom is -0.379 e. The molecule has 30 heavy (non-hydrogen) atoms. The molecule has 9 nitrogen and oxygen atoms in total. The minimum atomic E-state index is -0.348. The summed E-state index contributed by atoms with van der Waals surface area (Å²) in [6.45, 7) is 6.08. The number of aryl methyl sites for hydroxylation is 1. The van der Waals surface area contributed by atoms with Crippen LogP contribution in [0.5, 0.6) is 0 Å². The number of aromatic amines is 1. The molecule has 3 aromatic rings. The van der Waals surface area contributed by atoms with Crippen LogP contribution in [0.2, 0.25) is 0 Å². The molecule has 0 bridgehead atoms. The van der Waals surface area contributed by atoms with Gasteiger partial charge in [0.1, 0.15) is 6.04 Å². The number of aromatic nitrogens is 5. The van der Waals surface area contributed by atoms with Gasteiger partial charge in [-0.15, -0.1) is 5.10 Å². The van der Waals surface area contributed by atoms with Crippen LogP contribution in [-0.4, -0.2) is 69.1 Å². The maximum absolute atomic E-state index is 13.1. The fourth-order valence-electron chi connectivity index (χ4n) is 4.40. The van der Waals surface area contributed by atoms with E-state index in [0.29, 0.717) is 44.2 Å². The highest BCUT2D eigenvalue weighted by atomic mass is 16.5. The molecule has 0 unspecified atom stereocenters. The van der Waals surface area contributed by atoms with Crippen LogP contribution in [0.3, 0.4) is 0 Å². The Morgan fingerprint density at radius 1 is 1.23 bits per heavy atom. The van der Waals surface area contributed by atoms with E-state index in [4.69, 9.17) is 9.47 Å². The highest BCUT2D eigenvalue weighted by Crippen LogP contribution is 2.28. The highest BCUT2D eigenvalue weighted by Gasteiger charge is 2.32. The average Bonchev–Trinajstić information content (AvgIpc) is 3.43. The topological polar surface area (TPSA) is 98.2 Å². The van der Waals surface area contributed by atoms with Crippen molar-refractivity contribution in [2.75, 3.05) is 32.9 Å². The molecular weight excluding hydrogens is 384 g/mol. The van der Waals surface area contributed by atoms with Crippen LogP contribution < -0.4 is 5.56 Å². The Kier molecular flexibility index (Phi) is 5.32. The molecular formula is C21H26N6O3. The van der Waals surface area contributed by atoms with E-state index >= 15 is 0 Å². The normalized spacial score (nSPS) is 21.3. The lowest BCUT2D eigenvalue weighted by molar-refractivity contribution is 0.0205. The SMILES string of the molecule is Cc1ccc2[nH]c(=O)c([C@H](c3nnnn3C[C@@H]3CCCO3)N3CCOCC3)cc2c1. The Hall–Kier alpha value is -2.62. The quantitative estimate of drug-likeness (QED) is 0.679. The molecule has 0 aliphatic carbocycles. The molecule has 0 radical (unpaired) electrons. The van der Waals surface area contributed by atoms with Gasteiger partial charge in [0.15, 0.2) is 5.82 Å². The third kappa shape index (κ3) is 3.76. The van der Waals surface area contributed by atoms with Crippen LogP contribution in [0, 0.1) is 6.92 Å². The van der Waals surface area contributed by atoms with E-state index in [9.17, 15) is 4.79 Å². The summed E-state index contributed by atoms with van der Waals surface area (Å²) < 4.78 is 13.1. The summed E-state index contributed by atoms with van der Waals surface area (Å²) in [6, 6.07) is 7.66. The van der Waals surface area contributed by atoms with Gasteiger partial charge in [-0.2, -0.15) is 0 Å². The zero-order chi connectivity index (χ0) is 20.5. The fourth-order valence-corrected chi connectivity index (χ4v) is 4.40. The minimum absolute atomic E-state index is 0.107. The van der Waals surface area contributed by atoms with E-state index in [1.165, 1.54) is 0 Å². The molecule has 2 atom stereocenters. The monoisotopic (exact) mass is 410 g/mol. The van der Waals surface area contributed by atoms with E-state index in [2.05, 4.69) is 31.5 Å². The Balaban J connectivity index is 1.60. The van der Waals surface area contributed by atoms with Gasteiger partial charge in [0.2, 0.25) is 0 Å². The second-order valence-corrected chi connectivity index (χ2v) is 8.05.